The van der Waals surface area contributed by atoms with E-state index in [2.05, 4.69) is 0 Å². The Morgan fingerprint density at radius 3 is 2.62 bits per heavy atom. The highest BCUT2D eigenvalue weighted by atomic mass is 19.4. The van der Waals surface area contributed by atoms with Gasteiger partial charge in [0.05, 0.1) is 12.6 Å². The Bertz CT molecular complexity index is 257. The summed E-state index contributed by atoms with van der Waals surface area (Å²) in [4.78, 5) is 11.3. The average molecular weight is 241 g/mol. The molecule has 0 radical (unpaired) electrons. The van der Waals surface area contributed by atoms with Gasteiger partial charge in [0.1, 0.15) is 6.10 Å². The first-order chi connectivity index (χ1) is 7.30. The first-order valence-corrected chi connectivity index (χ1v) is 4.98. The second-order valence-electron chi connectivity index (χ2n) is 3.82. The van der Waals surface area contributed by atoms with Crippen molar-refractivity contribution in [1.29, 1.82) is 0 Å². The summed E-state index contributed by atoms with van der Waals surface area (Å²) < 4.78 is 40.9. The van der Waals surface area contributed by atoms with Gasteiger partial charge in [0, 0.05) is 0 Å². The fourth-order valence-corrected chi connectivity index (χ4v) is 1.42. The SMILES string of the molecule is CC1CCC(C(=O)NCC(O)C(F)(F)F)O1. The number of aliphatic hydroxyl groups is 1. The number of halogens is 3. The summed E-state index contributed by atoms with van der Waals surface area (Å²) in [7, 11) is 0. The van der Waals surface area contributed by atoms with E-state index in [9.17, 15) is 18.0 Å². The highest BCUT2D eigenvalue weighted by Crippen LogP contribution is 2.21. The first-order valence-electron chi connectivity index (χ1n) is 4.98. The monoisotopic (exact) mass is 241 g/mol. The number of hydrogen-bond donors (Lipinski definition) is 2. The smallest absolute Gasteiger partial charge is 0.382 e. The van der Waals surface area contributed by atoms with Crippen LogP contribution in [0.1, 0.15) is 19.8 Å². The van der Waals surface area contributed by atoms with Crippen molar-refractivity contribution in [3.8, 4) is 0 Å². The Kier molecular flexibility index (Phi) is 4.15. The minimum absolute atomic E-state index is 0.0525. The quantitative estimate of drug-likeness (QED) is 0.760. The van der Waals surface area contributed by atoms with Crippen molar-refractivity contribution in [2.24, 2.45) is 0 Å². The lowest BCUT2D eigenvalue weighted by molar-refractivity contribution is -0.202. The second kappa shape index (κ2) is 5.01. The van der Waals surface area contributed by atoms with Crippen molar-refractivity contribution in [2.75, 3.05) is 6.54 Å². The molecule has 3 atom stereocenters. The van der Waals surface area contributed by atoms with Crippen LogP contribution in [-0.2, 0) is 9.53 Å². The molecule has 1 rings (SSSR count). The molecule has 0 saturated carbocycles. The molecule has 0 aromatic rings. The maximum atomic E-state index is 11.9. The Labute approximate surface area is 90.8 Å². The number of amides is 1. The molecule has 4 nitrogen and oxygen atoms in total. The summed E-state index contributed by atoms with van der Waals surface area (Å²) in [6.45, 7) is 0.953. The third-order valence-electron chi connectivity index (χ3n) is 2.37. The molecule has 1 heterocycles. The third kappa shape index (κ3) is 3.64. The molecule has 0 spiro atoms. The van der Waals surface area contributed by atoms with E-state index in [1.54, 1.807) is 6.92 Å². The van der Waals surface area contributed by atoms with Gasteiger partial charge in [0.15, 0.2) is 6.10 Å². The van der Waals surface area contributed by atoms with E-state index >= 15 is 0 Å². The molecule has 0 aromatic heterocycles. The van der Waals surface area contributed by atoms with E-state index in [4.69, 9.17) is 9.84 Å². The van der Waals surface area contributed by atoms with Crippen LogP contribution in [-0.4, -0.2) is 42.0 Å². The van der Waals surface area contributed by atoms with Gasteiger partial charge in [-0.25, -0.2) is 0 Å². The molecule has 1 amide bonds. The molecule has 0 aliphatic carbocycles. The number of hydrogen-bond acceptors (Lipinski definition) is 3. The summed E-state index contributed by atoms with van der Waals surface area (Å²) >= 11 is 0. The van der Waals surface area contributed by atoms with Crippen molar-refractivity contribution in [3.05, 3.63) is 0 Å². The van der Waals surface area contributed by atoms with Crippen LogP contribution in [0.4, 0.5) is 13.2 Å². The first kappa shape index (κ1) is 13.2. The van der Waals surface area contributed by atoms with Gasteiger partial charge in [0.2, 0.25) is 5.91 Å². The van der Waals surface area contributed by atoms with Gasteiger partial charge in [-0.05, 0) is 19.8 Å². The van der Waals surface area contributed by atoms with Gasteiger partial charge in [-0.3, -0.25) is 4.79 Å². The van der Waals surface area contributed by atoms with Crippen molar-refractivity contribution >= 4 is 5.91 Å². The number of alkyl halides is 3. The normalized spacial score (nSPS) is 27.8. The molecule has 0 aromatic carbocycles. The molecule has 3 unspecified atom stereocenters. The lowest BCUT2D eigenvalue weighted by Gasteiger charge is -2.16. The lowest BCUT2D eigenvalue weighted by Crippen LogP contribution is -2.44. The maximum absolute atomic E-state index is 11.9. The van der Waals surface area contributed by atoms with Crippen LogP contribution >= 0.6 is 0 Å². The Balaban J connectivity index is 2.30. The Hall–Kier alpha value is -0.820. The summed E-state index contributed by atoms with van der Waals surface area (Å²) in [6, 6.07) is 0. The number of carbonyl (C=O) groups is 1. The van der Waals surface area contributed by atoms with Crippen LogP contribution in [0.2, 0.25) is 0 Å². The van der Waals surface area contributed by atoms with E-state index in [1.165, 1.54) is 0 Å². The van der Waals surface area contributed by atoms with E-state index in [1.807, 2.05) is 5.32 Å². The summed E-state index contributed by atoms with van der Waals surface area (Å²) in [6.07, 6.45) is -6.79. The molecule has 1 saturated heterocycles. The Morgan fingerprint density at radius 2 is 2.19 bits per heavy atom. The molecule has 94 valence electrons. The molecule has 1 aliphatic heterocycles. The number of rotatable bonds is 3. The van der Waals surface area contributed by atoms with Crippen molar-refractivity contribution < 1.29 is 27.8 Å². The number of nitrogens with one attached hydrogen (secondary N) is 1. The summed E-state index contributed by atoms with van der Waals surface area (Å²) in [5, 5.41) is 10.7. The minimum atomic E-state index is -4.71. The zero-order valence-electron chi connectivity index (χ0n) is 8.75. The standard InChI is InChI=1S/C9H14F3NO3/c1-5-2-3-6(16-5)8(15)13-4-7(14)9(10,11)12/h5-7,14H,2-4H2,1H3,(H,13,15). The van der Waals surface area contributed by atoms with Gasteiger partial charge < -0.3 is 15.2 Å². The van der Waals surface area contributed by atoms with E-state index in [0.717, 1.165) is 0 Å². The van der Waals surface area contributed by atoms with Crippen molar-refractivity contribution in [3.63, 3.8) is 0 Å². The van der Waals surface area contributed by atoms with Gasteiger partial charge in [-0.15, -0.1) is 0 Å². The molecular weight excluding hydrogens is 227 g/mol. The van der Waals surface area contributed by atoms with Gasteiger partial charge in [-0.1, -0.05) is 0 Å². The summed E-state index contributed by atoms with van der Waals surface area (Å²) in [5.74, 6) is -0.604. The summed E-state index contributed by atoms with van der Waals surface area (Å²) in [5.41, 5.74) is 0. The van der Waals surface area contributed by atoms with Crippen LogP contribution in [0.15, 0.2) is 0 Å². The average Bonchev–Trinajstić information content (AvgIpc) is 2.59. The Morgan fingerprint density at radius 1 is 1.56 bits per heavy atom. The number of aliphatic hydroxyl groups excluding tert-OH is 1. The van der Waals surface area contributed by atoms with E-state index in [-0.39, 0.29) is 6.10 Å². The lowest BCUT2D eigenvalue weighted by atomic mass is 10.2. The van der Waals surface area contributed by atoms with Crippen molar-refractivity contribution in [2.45, 2.75) is 44.3 Å². The molecular formula is C9H14F3NO3. The molecule has 1 aliphatic rings. The van der Waals surface area contributed by atoms with Crippen LogP contribution in [0, 0.1) is 0 Å². The van der Waals surface area contributed by atoms with Crippen LogP contribution in [0.5, 0.6) is 0 Å². The highest BCUT2D eigenvalue weighted by molar-refractivity contribution is 5.81. The van der Waals surface area contributed by atoms with Gasteiger partial charge >= 0.3 is 6.18 Å². The van der Waals surface area contributed by atoms with E-state index < -0.39 is 30.8 Å². The topological polar surface area (TPSA) is 58.6 Å². The zero-order chi connectivity index (χ0) is 12.3. The van der Waals surface area contributed by atoms with Crippen LogP contribution in [0.25, 0.3) is 0 Å². The van der Waals surface area contributed by atoms with E-state index in [0.29, 0.717) is 12.8 Å². The zero-order valence-corrected chi connectivity index (χ0v) is 8.75. The molecule has 1 fully saturated rings. The second-order valence-corrected chi connectivity index (χ2v) is 3.82. The van der Waals surface area contributed by atoms with Gasteiger partial charge in [0.25, 0.3) is 0 Å². The minimum Gasteiger partial charge on any atom is -0.382 e. The van der Waals surface area contributed by atoms with Crippen LogP contribution in [0.3, 0.4) is 0 Å². The third-order valence-corrected chi connectivity index (χ3v) is 2.37. The fourth-order valence-electron chi connectivity index (χ4n) is 1.42. The van der Waals surface area contributed by atoms with Gasteiger partial charge in [-0.2, -0.15) is 13.2 Å². The van der Waals surface area contributed by atoms with Crippen LogP contribution < -0.4 is 5.32 Å². The predicted octanol–water partition coefficient (Wildman–Crippen LogP) is 0.593. The fraction of sp³-hybridized carbons (Fsp3) is 0.889. The number of carbonyl (C=O) groups excluding carboxylic acids is 1. The number of ether oxygens (including phenoxy) is 1. The molecule has 0 bridgehead atoms. The highest BCUT2D eigenvalue weighted by Gasteiger charge is 2.39. The molecule has 7 heteroatoms. The molecule has 16 heavy (non-hydrogen) atoms. The van der Waals surface area contributed by atoms with Crippen molar-refractivity contribution in [1.82, 2.24) is 5.32 Å². The predicted molar refractivity (Wildman–Crippen MR) is 48.6 cm³/mol. The maximum Gasteiger partial charge on any atom is 0.416 e. The molecule has 2 N–H and O–H groups in total. The largest absolute Gasteiger partial charge is 0.416 e.